The van der Waals surface area contributed by atoms with Crippen LogP contribution in [0, 0.1) is 5.41 Å². The van der Waals surface area contributed by atoms with Gasteiger partial charge in [0.25, 0.3) is 0 Å². The molecule has 2 aromatic rings. The number of urea groups is 1. The molecule has 3 saturated heterocycles. The smallest absolute Gasteiger partial charge is 0.332 e. The average molecular weight is 597 g/mol. The van der Waals surface area contributed by atoms with E-state index in [0.29, 0.717) is 42.6 Å². The summed E-state index contributed by atoms with van der Waals surface area (Å²) in [6.07, 6.45) is 6.13. The van der Waals surface area contributed by atoms with Crippen LogP contribution in [0.1, 0.15) is 32.6 Å². The number of sulfonamides is 1. The second-order valence-corrected chi connectivity index (χ2v) is 13.6. The molecule has 212 valence electrons. The molecule has 39 heavy (non-hydrogen) atoms. The molecule has 3 aliphatic rings. The van der Waals surface area contributed by atoms with Gasteiger partial charge in [-0.3, -0.25) is 0 Å². The van der Waals surface area contributed by atoms with Gasteiger partial charge in [0.15, 0.2) is 0 Å². The molecule has 0 bridgehead atoms. The summed E-state index contributed by atoms with van der Waals surface area (Å²) < 4.78 is 38.1. The van der Waals surface area contributed by atoms with E-state index in [2.05, 4.69) is 24.9 Å². The second kappa shape index (κ2) is 11.8. The molecule has 0 aliphatic carbocycles. The third-order valence-corrected chi connectivity index (χ3v) is 11.1. The van der Waals surface area contributed by atoms with Crippen molar-refractivity contribution in [1.82, 2.24) is 14.7 Å². The summed E-state index contributed by atoms with van der Waals surface area (Å²) in [5.41, 5.74) is 6.76. The van der Waals surface area contributed by atoms with Crippen LogP contribution in [0.25, 0.3) is 0 Å². The standard InChI is InChI=1S/C25H33ClN6O5S2/c1-16-23(27)25(15-37-16)7-9-32(10-8-25)20-13-29-21(14-28-20)38-19-4-2-3-18(22(19)26)30-24(33)31-39(34,35)17-5-11-36-12-6-17/h2-4,13-14,16-17,23H,5-12,15,27H2,1H3,(H2,30,31,33)/t16-,23+/m0/s1. The molecule has 1 spiro atoms. The number of anilines is 2. The predicted molar refractivity (Wildman–Crippen MR) is 150 cm³/mol. The molecule has 1 aromatic carbocycles. The van der Waals surface area contributed by atoms with E-state index in [1.165, 1.54) is 11.8 Å². The van der Waals surface area contributed by atoms with Crippen molar-refractivity contribution in [2.24, 2.45) is 11.1 Å². The van der Waals surface area contributed by atoms with Gasteiger partial charge in [-0.25, -0.2) is 27.9 Å². The number of rotatable bonds is 6. The van der Waals surface area contributed by atoms with E-state index in [9.17, 15) is 13.2 Å². The summed E-state index contributed by atoms with van der Waals surface area (Å²) >= 11 is 7.85. The maximum atomic E-state index is 12.5. The van der Waals surface area contributed by atoms with Gasteiger partial charge in [-0.2, -0.15) is 0 Å². The number of piperidine rings is 1. The molecule has 5 rings (SSSR count). The summed E-state index contributed by atoms with van der Waals surface area (Å²) in [4.78, 5) is 24.5. The predicted octanol–water partition coefficient (Wildman–Crippen LogP) is 3.24. The number of hydrogen-bond donors (Lipinski definition) is 3. The quantitative estimate of drug-likeness (QED) is 0.453. The number of carbonyl (C=O) groups excluding carboxylic acids is 1. The highest BCUT2D eigenvalue weighted by molar-refractivity contribution is 7.99. The van der Waals surface area contributed by atoms with Crippen LogP contribution in [0.5, 0.6) is 0 Å². The Morgan fingerprint density at radius 2 is 1.95 bits per heavy atom. The Hall–Kier alpha value is -2.16. The fourth-order valence-electron chi connectivity index (χ4n) is 5.32. The van der Waals surface area contributed by atoms with Crippen LogP contribution in [0.4, 0.5) is 16.3 Å². The van der Waals surface area contributed by atoms with Crippen molar-refractivity contribution in [3.63, 3.8) is 0 Å². The Morgan fingerprint density at radius 3 is 2.59 bits per heavy atom. The zero-order valence-electron chi connectivity index (χ0n) is 21.6. The van der Waals surface area contributed by atoms with Crippen LogP contribution >= 0.6 is 23.4 Å². The van der Waals surface area contributed by atoms with Gasteiger partial charge in [0.05, 0.1) is 41.1 Å². The van der Waals surface area contributed by atoms with Crippen molar-refractivity contribution in [1.29, 1.82) is 0 Å². The Morgan fingerprint density at radius 1 is 1.21 bits per heavy atom. The highest BCUT2D eigenvalue weighted by Gasteiger charge is 2.47. The number of hydrogen-bond acceptors (Lipinski definition) is 10. The first-order valence-electron chi connectivity index (χ1n) is 13.0. The van der Waals surface area contributed by atoms with Crippen molar-refractivity contribution in [2.45, 2.75) is 59.9 Å². The van der Waals surface area contributed by atoms with E-state index in [-0.39, 0.29) is 28.3 Å². The first-order valence-corrected chi connectivity index (χ1v) is 15.7. The van der Waals surface area contributed by atoms with Gasteiger partial charge in [0, 0.05) is 42.7 Å². The maximum absolute atomic E-state index is 12.5. The van der Waals surface area contributed by atoms with Gasteiger partial charge in [0.2, 0.25) is 10.0 Å². The number of aromatic nitrogens is 2. The highest BCUT2D eigenvalue weighted by Crippen LogP contribution is 2.42. The number of nitrogens with one attached hydrogen (secondary N) is 2. The number of ether oxygens (including phenoxy) is 2. The van der Waals surface area contributed by atoms with E-state index in [1.54, 1.807) is 30.6 Å². The van der Waals surface area contributed by atoms with Crippen LogP contribution in [0.3, 0.4) is 0 Å². The number of nitrogens with two attached hydrogens (primary N) is 1. The molecule has 2 atom stereocenters. The van der Waals surface area contributed by atoms with Crippen molar-refractivity contribution < 1.29 is 22.7 Å². The maximum Gasteiger partial charge on any atom is 0.332 e. The molecule has 0 radical (unpaired) electrons. The summed E-state index contributed by atoms with van der Waals surface area (Å²) in [7, 11) is -3.82. The largest absolute Gasteiger partial charge is 0.381 e. The fraction of sp³-hybridized carbons (Fsp3) is 0.560. The van der Waals surface area contributed by atoms with Crippen LogP contribution in [-0.2, 0) is 19.5 Å². The average Bonchev–Trinajstić information content (AvgIpc) is 3.20. The van der Waals surface area contributed by atoms with Gasteiger partial charge in [-0.05, 0) is 44.7 Å². The molecule has 3 fully saturated rings. The van der Waals surface area contributed by atoms with Gasteiger partial charge >= 0.3 is 6.03 Å². The zero-order chi connectivity index (χ0) is 27.6. The Kier molecular flexibility index (Phi) is 8.55. The van der Waals surface area contributed by atoms with Gasteiger partial charge in [-0.1, -0.05) is 29.4 Å². The van der Waals surface area contributed by atoms with E-state index in [0.717, 1.165) is 31.7 Å². The van der Waals surface area contributed by atoms with Crippen LogP contribution in [-0.4, -0.2) is 74.7 Å². The van der Waals surface area contributed by atoms with Crippen molar-refractivity contribution in [3.8, 4) is 0 Å². The van der Waals surface area contributed by atoms with Crippen molar-refractivity contribution in [2.75, 3.05) is 43.1 Å². The lowest BCUT2D eigenvalue weighted by atomic mass is 9.73. The Labute approximate surface area is 237 Å². The van der Waals surface area contributed by atoms with Gasteiger partial charge < -0.3 is 25.4 Å². The first-order chi connectivity index (χ1) is 18.7. The topological polar surface area (TPSA) is 149 Å². The fourth-order valence-corrected chi connectivity index (χ4v) is 7.69. The monoisotopic (exact) mass is 596 g/mol. The molecule has 14 heteroatoms. The van der Waals surface area contributed by atoms with E-state index < -0.39 is 21.3 Å². The molecular weight excluding hydrogens is 564 g/mol. The highest BCUT2D eigenvalue weighted by atomic mass is 35.5. The van der Waals surface area contributed by atoms with Crippen molar-refractivity contribution >= 4 is 50.9 Å². The molecule has 4 N–H and O–H groups in total. The van der Waals surface area contributed by atoms with Crippen LogP contribution < -0.4 is 20.7 Å². The van der Waals surface area contributed by atoms with Crippen LogP contribution in [0.2, 0.25) is 5.02 Å². The van der Waals surface area contributed by atoms with Crippen LogP contribution in [0.15, 0.2) is 40.5 Å². The molecule has 4 heterocycles. The molecule has 11 nitrogen and oxygen atoms in total. The van der Waals surface area contributed by atoms with Gasteiger partial charge in [-0.15, -0.1) is 0 Å². The minimum atomic E-state index is -3.82. The van der Waals surface area contributed by atoms with E-state index in [1.807, 2.05) is 6.92 Å². The lowest BCUT2D eigenvalue weighted by Gasteiger charge is -2.41. The number of halogens is 1. The molecule has 3 aliphatic heterocycles. The molecule has 0 saturated carbocycles. The number of carbonyl (C=O) groups is 1. The summed E-state index contributed by atoms with van der Waals surface area (Å²) in [6.45, 7) is 5.15. The summed E-state index contributed by atoms with van der Waals surface area (Å²) in [5, 5.41) is 2.79. The number of benzene rings is 1. The van der Waals surface area contributed by atoms with Crippen molar-refractivity contribution in [3.05, 3.63) is 35.6 Å². The number of amides is 2. The normalized spacial score (nSPS) is 23.6. The molecule has 1 aromatic heterocycles. The third-order valence-electron chi connectivity index (χ3n) is 7.81. The lowest BCUT2D eigenvalue weighted by Crippen LogP contribution is -2.50. The van der Waals surface area contributed by atoms with E-state index >= 15 is 0 Å². The molecular formula is C25H33ClN6O5S2. The zero-order valence-corrected chi connectivity index (χ0v) is 24.0. The molecule has 0 unspecified atom stereocenters. The first kappa shape index (κ1) is 28.4. The van der Waals surface area contributed by atoms with Gasteiger partial charge in [0.1, 0.15) is 10.8 Å². The Bertz CT molecular complexity index is 1280. The lowest BCUT2D eigenvalue weighted by molar-refractivity contribution is 0.0974. The summed E-state index contributed by atoms with van der Waals surface area (Å²) in [5.74, 6) is 0.804. The summed E-state index contributed by atoms with van der Waals surface area (Å²) in [6, 6.07) is 4.31. The molecule has 2 amide bonds. The minimum absolute atomic E-state index is 0.0425. The minimum Gasteiger partial charge on any atom is -0.381 e. The number of nitrogens with zero attached hydrogens (tertiary/aromatic N) is 3. The second-order valence-electron chi connectivity index (χ2n) is 10.2. The third kappa shape index (κ3) is 6.28. The Balaban J connectivity index is 1.18. The SMILES string of the molecule is C[C@@H]1OCC2(CCN(c3cnc(Sc4cccc(NC(=O)NS(=O)(=O)C5CCOCC5)c4Cl)cn3)CC2)[C@@H]1N. The van der Waals surface area contributed by atoms with E-state index in [4.69, 9.17) is 26.8 Å².